The third-order valence-corrected chi connectivity index (χ3v) is 23.3. The highest BCUT2D eigenvalue weighted by Crippen LogP contribution is 2.35. The Hall–Kier alpha value is -11.8. The van der Waals surface area contributed by atoms with Crippen molar-refractivity contribution < 1.29 is 120 Å². The molecule has 35 nitrogen and oxygen atoms in total. The number of ketones is 6. The van der Waals surface area contributed by atoms with Crippen LogP contribution in [-0.4, -0.2) is 234 Å². The zero-order chi connectivity index (χ0) is 98.1. The van der Waals surface area contributed by atoms with Gasteiger partial charge in [0, 0.05) is 131 Å². The molecule has 18 atom stereocenters. The summed E-state index contributed by atoms with van der Waals surface area (Å²) in [6, 6.07) is 8.25. The average molecular weight is 1840 g/mol. The molecule has 0 spiro atoms. The van der Waals surface area contributed by atoms with Crippen molar-refractivity contribution in [2.24, 2.45) is 52.7 Å². The van der Waals surface area contributed by atoms with E-state index in [9.17, 15) is 77.6 Å². The number of aliphatic hydroxyl groups excluding tert-OH is 3. The van der Waals surface area contributed by atoms with Crippen molar-refractivity contribution in [1.82, 2.24) is 37.2 Å². The summed E-state index contributed by atoms with van der Waals surface area (Å²) >= 11 is 0. The number of hydrogen-bond acceptors (Lipinski definition) is 28. The molecule has 1 aromatic rings. The molecular weight excluding hydrogens is 1710 g/mol. The largest absolute Gasteiger partial charge is 0.439 e. The van der Waals surface area contributed by atoms with Gasteiger partial charge in [-0.2, -0.15) is 0 Å². The van der Waals surface area contributed by atoms with Crippen molar-refractivity contribution in [2.45, 2.75) is 208 Å². The van der Waals surface area contributed by atoms with Gasteiger partial charge in [0.25, 0.3) is 23.6 Å². The van der Waals surface area contributed by atoms with Gasteiger partial charge in [-0.1, -0.05) is 133 Å². The predicted octanol–water partition coefficient (Wildman–Crippen LogP) is 7.28. The fraction of sp³-hybridized carbons (Fsp3) is 0.495. The van der Waals surface area contributed by atoms with Gasteiger partial charge in [-0.15, -0.1) is 0 Å². The SMILES string of the molecule is COC1/C=C\C=C(/C)C(=O)NC2=CC(=O)C(NC(=O)c3ccccc3)=C(CC(C)CC(OC)C(O)C(C)/C=C(\C)C1OC(N)=O)C2=O.COC1/C=C\C=C(/C)C(=O)NC2=CC(=O)C(NCCCNCCCNC3=C4CC(C)CC(OC)C(O)C(C)/C=C(\C)C(OC(N)=O)C(OC)/C=C\C=C(/C)C(=O)NC(=CC3=O)C4=O)=C(CC(C)CC(OC)C(O)C(C)/C=C(\C)C1OC(N)=O)C2=O. The van der Waals surface area contributed by atoms with Crippen molar-refractivity contribution in [3.05, 3.63) is 211 Å². The molecule has 720 valence electrons. The summed E-state index contributed by atoms with van der Waals surface area (Å²) in [6.07, 6.45) is 10.3. The molecule has 0 saturated carbocycles. The van der Waals surface area contributed by atoms with Crippen LogP contribution >= 0.6 is 0 Å². The Bertz CT molecular complexity index is 4700. The number of amides is 7. The third kappa shape index (κ3) is 31.7. The van der Waals surface area contributed by atoms with Gasteiger partial charge in [-0.05, 0) is 153 Å². The highest BCUT2D eigenvalue weighted by Gasteiger charge is 2.40. The molecule has 7 amide bonds. The van der Waals surface area contributed by atoms with E-state index < -0.39 is 168 Å². The molecule has 3 aliphatic heterocycles. The maximum Gasteiger partial charge on any atom is 0.405 e. The number of fused-ring (bicyclic) bond motifs is 6. The molecule has 18 unspecified atom stereocenters. The lowest BCUT2D eigenvalue weighted by Crippen LogP contribution is -2.38. The Labute approximate surface area is 771 Å². The molecule has 16 N–H and O–H groups in total. The number of carbonyl (C=O) groups excluding carboxylic acids is 13. The number of allylic oxidation sites excluding steroid dienone is 12. The highest BCUT2D eigenvalue weighted by atomic mass is 16.6. The predicted molar refractivity (Wildman–Crippen MR) is 491 cm³/mol. The van der Waals surface area contributed by atoms with Crippen LogP contribution in [0.5, 0.6) is 0 Å². The first kappa shape index (κ1) is 109. The van der Waals surface area contributed by atoms with Gasteiger partial charge in [0.15, 0.2) is 18.3 Å². The molecule has 6 aliphatic rings. The van der Waals surface area contributed by atoms with Crippen LogP contribution in [0, 0.1) is 35.5 Å². The molecule has 3 heterocycles. The molecule has 132 heavy (non-hydrogen) atoms. The van der Waals surface area contributed by atoms with Gasteiger partial charge in [-0.25, -0.2) is 14.4 Å². The van der Waals surface area contributed by atoms with Gasteiger partial charge >= 0.3 is 18.3 Å². The second-order valence-corrected chi connectivity index (χ2v) is 33.9. The van der Waals surface area contributed by atoms with Crippen molar-refractivity contribution in [2.75, 3.05) is 68.8 Å². The number of nitrogens with one attached hydrogen (secondary N) is 7. The highest BCUT2D eigenvalue weighted by molar-refractivity contribution is 6.26. The Morgan fingerprint density at radius 2 is 0.697 bits per heavy atom. The molecule has 35 heteroatoms. The molecule has 0 fully saturated rings. The lowest BCUT2D eigenvalue weighted by atomic mass is 9.85. The topological polar surface area (TPSA) is 528 Å². The first-order valence-corrected chi connectivity index (χ1v) is 43.8. The van der Waals surface area contributed by atoms with Gasteiger partial charge in [0.05, 0.1) is 70.8 Å². The van der Waals surface area contributed by atoms with E-state index in [0.717, 1.165) is 18.2 Å². The number of benzene rings is 1. The zero-order valence-electron chi connectivity index (χ0n) is 78.5. The number of aliphatic hydroxyl groups is 3. The van der Waals surface area contributed by atoms with Gasteiger partial charge in [0.1, 0.15) is 18.3 Å². The van der Waals surface area contributed by atoms with E-state index >= 15 is 0 Å². The fourth-order valence-corrected chi connectivity index (χ4v) is 16.0. The molecule has 6 bridgehead atoms. The molecular formula is C97H132N10O25. The summed E-state index contributed by atoms with van der Waals surface area (Å²) in [5, 5.41) is 54.5. The number of nitrogens with two attached hydrogens (primary N) is 3. The minimum atomic E-state index is -1.05. The maximum absolute atomic E-state index is 14.2. The maximum atomic E-state index is 14.2. The monoisotopic (exact) mass is 1840 g/mol. The van der Waals surface area contributed by atoms with Crippen LogP contribution in [0.25, 0.3) is 0 Å². The van der Waals surface area contributed by atoms with E-state index in [1.165, 1.54) is 99.9 Å². The van der Waals surface area contributed by atoms with Crippen LogP contribution in [0.2, 0.25) is 0 Å². The van der Waals surface area contributed by atoms with E-state index in [1.807, 2.05) is 20.8 Å². The first-order chi connectivity index (χ1) is 62.5. The molecule has 0 radical (unpaired) electrons. The fourth-order valence-electron chi connectivity index (χ4n) is 16.0. The number of methoxy groups -OCH3 is 6. The van der Waals surface area contributed by atoms with Gasteiger partial charge in [0.2, 0.25) is 34.7 Å². The number of carbonyl (C=O) groups is 13. The van der Waals surface area contributed by atoms with E-state index in [-0.39, 0.29) is 137 Å². The summed E-state index contributed by atoms with van der Waals surface area (Å²) in [5.41, 5.74) is 18.4. The van der Waals surface area contributed by atoms with E-state index in [0.29, 0.717) is 48.2 Å². The molecule has 0 aromatic heterocycles. The Morgan fingerprint density at radius 1 is 0.409 bits per heavy atom. The minimum Gasteiger partial charge on any atom is -0.439 e. The Balaban J connectivity index is 0.000000479. The van der Waals surface area contributed by atoms with Crippen molar-refractivity contribution in [1.29, 1.82) is 0 Å². The molecule has 0 saturated heterocycles. The minimum absolute atomic E-state index is 0.0199. The molecule has 1 aromatic carbocycles. The van der Waals surface area contributed by atoms with Crippen molar-refractivity contribution >= 4 is 76.6 Å². The van der Waals surface area contributed by atoms with Crippen molar-refractivity contribution in [3.63, 3.8) is 0 Å². The number of ether oxygens (including phenoxy) is 9. The standard InChI is InChI=1S/C62H89N7O16.C35H43N3O9/c1-33-25-41-51(45(70)31-43(55(41)74)68-59(76)35(3)17-13-19-47(80-9)57(84-61(63)78)39(7)29-37(5)53(72)49(27-33)82-11)66-23-15-21-65-22-16-24-67-52-42-26-34(2)28-50(83-12)54(73)38(6)30-40(8)58(85-62(64)79)48(81-10)20-14-18-36(4)60(77)69-44(56(42)75)32-46(52)71;1-19-15-24-29(38-34(43)23-12-8-7-9-13-23)26(39)18-25(31(24)41)37-33(42)20(2)11-10-14-27(45-5)32(47-35(36)44)22(4)17-21(3)30(40)28(16-19)46-6/h13-14,17-20,29-34,37-38,47-50,53-54,57-58,65-67,72-73H,15-16,21-28H2,1-12H3,(H2,63,78)(H2,64,79)(H,68,76)(H,69,77);7-14,17-19,21,27-28,30,32,40H,15-16H2,1-6H3,(H2,36,44)(H,37,42)(H,38,43)/b19-13-,20-14-,35-17+,36-18+,39-29+,40-30+;14-10-,20-11+,22-17+. The first-order valence-electron chi connectivity index (χ1n) is 43.8. The van der Waals surface area contributed by atoms with Crippen LogP contribution < -0.4 is 54.4 Å². The van der Waals surface area contributed by atoms with Crippen molar-refractivity contribution in [3.8, 4) is 0 Å². The average Bonchev–Trinajstić information content (AvgIpc) is 0.816. The smallest absolute Gasteiger partial charge is 0.405 e. The van der Waals surface area contributed by atoms with Gasteiger partial charge in [-0.3, -0.25) is 47.9 Å². The third-order valence-electron chi connectivity index (χ3n) is 23.3. The summed E-state index contributed by atoms with van der Waals surface area (Å²) in [6.45, 7) is 22.1. The summed E-state index contributed by atoms with van der Waals surface area (Å²) in [7, 11) is 8.63. The number of hydrogen-bond donors (Lipinski definition) is 13. The lowest BCUT2D eigenvalue weighted by Gasteiger charge is -2.30. The quantitative estimate of drug-likeness (QED) is 0.0249. The normalized spacial score (nSPS) is 30.9. The van der Waals surface area contributed by atoms with Crippen LogP contribution in [-0.2, 0) is 85.8 Å². The van der Waals surface area contributed by atoms with Crippen LogP contribution in [0.4, 0.5) is 14.4 Å². The van der Waals surface area contributed by atoms with Gasteiger partial charge < -0.3 is 112 Å². The van der Waals surface area contributed by atoms with Crippen LogP contribution in [0.1, 0.15) is 145 Å². The van der Waals surface area contributed by atoms with Crippen LogP contribution in [0.3, 0.4) is 0 Å². The number of Topliss-reactive ketones (excluding diaryl/α,β-unsaturated/α-hetero) is 3. The second-order valence-electron chi connectivity index (χ2n) is 33.9. The zero-order valence-corrected chi connectivity index (χ0v) is 78.5. The second kappa shape index (κ2) is 53.1. The molecule has 7 rings (SSSR count). The Morgan fingerprint density at radius 3 is 0.977 bits per heavy atom. The molecule has 3 aliphatic carbocycles. The lowest BCUT2D eigenvalue weighted by molar-refractivity contribution is -0.120. The number of primary amides is 3. The van der Waals surface area contributed by atoms with E-state index in [4.69, 9.17) is 59.8 Å². The van der Waals surface area contributed by atoms with Crippen LogP contribution in [0.15, 0.2) is 206 Å². The van der Waals surface area contributed by atoms with E-state index in [1.54, 1.807) is 108 Å². The van der Waals surface area contributed by atoms with E-state index in [2.05, 4.69) is 37.2 Å². The summed E-state index contributed by atoms with van der Waals surface area (Å²) < 4.78 is 50.3. The Kier molecular flexibility index (Phi) is 43.8. The summed E-state index contributed by atoms with van der Waals surface area (Å²) in [4.78, 5) is 172. The summed E-state index contributed by atoms with van der Waals surface area (Å²) in [5.74, 6) is -8.39. The number of rotatable bonds is 21.